The molecule has 20 heavy (non-hydrogen) atoms. The van der Waals surface area contributed by atoms with E-state index >= 15 is 0 Å². The SMILES string of the molecule is COc1ccc(COc2cc(N)cc(C(N)=O)c2)cc1. The first kappa shape index (κ1) is 13.7. The highest BCUT2D eigenvalue weighted by atomic mass is 16.5. The highest BCUT2D eigenvalue weighted by molar-refractivity contribution is 5.94. The van der Waals surface area contributed by atoms with Gasteiger partial charge < -0.3 is 20.9 Å². The molecule has 0 aromatic heterocycles. The molecule has 5 nitrogen and oxygen atoms in total. The summed E-state index contributed by atoms with van der Waals surface area (Å²) in [6.45, 7) is 0.367. The minimum Gasteiger partial charge on any atom is -0.497 e. The molecule has 0 aliphatic heterocycles. The number of hydrogen-bond acceptors (Lipinski definition) is 4. The first-order chi connectivity index (χ1) is 9.58. The van der Waals surface area contributed by atoms with Crippen molar-refractivity contribution in [1.29, 1.82) is 0 Å². The van der Waals surface area contributed by atoms with Crippen LogP contribution in [0.5, 0.6) is 11.5 Å². The number of nitrogens with two attached hydrogens (primary N) is 2. The maximum Gasteiger partial charge on any atom is 0.248 e. The first-order valence-corrected chi connectivity index (χ1v) is 6.04. The molecule has 0 saturated carbocycles. The quantitative estimate of drug-likeness (QED) is 0.814. The minimum atomic E-state index is -0.536. The Morgan fingerprint density at radius 3 is 2.40 bits per heavy atom. The Labute approximate surface area is 117 Å². The molecule has 0 bridgehead atoms. The van der Waals surface area contributed by atoms with Crippen molar-refractivity contribution in [2.45, 2.75) is 6.61 Å². The molecule has 0 spiro atoms. The lowest BCUT2D eigenvalue weighted by molar-refractivity contribution is 0.1000. The van der Waals surface area contributed by atoms with E-state index in [0.29, 0.717) is 23.6 Å². The van der Waals surface area contributed by atoms with Gasteiger partial charge in [-0.2, -0.15) is 0 Å². The molecule has 2 aromatic rings. The molecule has 2 aromatic carbocycles. The average Bonchev–Trinajstić information content (AvgIpc) is 2.45. The standard InChI is InChI=1S/C15H16N2O3/c1-19-13-4-2-10(3-5-13)9-20-14-7-11(15(17)18)6-12(16)8-14/h2-8H,9,16H2,1H3,(H2,17,18). The highest BCUT2D eigenvalue weighted by Crippen LogP contribution is 2.20. The van der Waals surface area contributed by atoms with E-state index in [0.717, 1.165) is 11.3 Å². The van der Waals surface area contributed by atoms with Crippen LogP contribution >= 0.6 is 0 Å². The number of methoxy groups -OCH3 is 1. The van der Waals surface area contributed by atoms with Gasteiger partial charge in [-0.1, -0.05) is 12.1 Å². The van der Waals surface area contributed by atoms with Crippen LogP contribution in [-0.2, 0) is 6.61 Å². The summed E-state index contributed by atoms with van der Waals surface area (Å²) < 4.78 is 10.7. The monoisotopic (exact) mass is 272 g/mol. The number of nitrogen functional groups attached to an aromatic ring is 1. The third-order valence-electron chi connectivity index (χ3n) is 2.78. The van der Waals surface area contributed by atoms with E-state index in [-0.39, 0.29) is 0 Å². The number of primary amides is 1. The van der Waals surface area contributed by atoms with Crippen LogP contribution in [0.3, 0.4) is 0 Å². The number of ether oxygens (including phenoxy) is 2. The summed E-state index contributed by atoms with van der Waals surface area (Å²) in [5, 5.41) is 0. The number of carbonyl (C=O) groups excluding carboxylic acids is 1. The molecule has 104 valence electrons. The lowest BCUT2D eigenvalue weighted by Crippen LogP contribution is -2.11. The van der Waals surface area contributed by atoms with Crippen molar-refractivity contribution in [3.8, 4) is 11.5 Å². The molecule has 0 saturated heterocycles. The van der Waals surface area contributed by atoms with E-state index in [1.807, 2.05) is 24.3 Å². The normalized spacial score (nSPS) is 10.1. The topological polar surface area (TPSA) is 87.6 Å². The minimum absolute atomic E-state index is 0.328. The van der Waals surface area contributed by atoms with E-state index in [1.54, 1.807) is 19.2 Å². The van der Waals surface area contributed by atoms with Crippen LogP contribution in [-0.4, -0.2) is 13.0 Å². The fourth-order valence-electron chi connectivity index (χ4n) is 1.74. The Morgan fingerprint density at radius 1 is 1.10 bits per heavy atom. The average molecular weight is 272 g/mol. The highest BCUT2D eigenvalue weighted by Gasteiger charge is 2.05. The lowest BCUT2D eigenvalue weighted by atomic mass is 10.2. The number of hydrogen-bond donors (Lipinski definition) is 2. The van der Waals surface area contributed by atoms with Crippen molar-refractivity contribution < 1.29 is 14.3 Å². The van der Waals surface area contributed by atoms with Crippen LogP contribution in [0.15, 0.2) is 42.5 Å². The molecular formula is C15H16N2O3. The summed E-state index contributed by atoms with van der Waals surface area (Å²) >= 11 is 0. The van der Waals surface area contributed by atoms with Crippen LogP contribution in [0.1, 0.15) is 15.9 Å². The summed E-state index contributed by atoms with van der Waals surface area (Å²) in [7, 11) is 1.61. The Morgan fingerprint density at radius 2 is 1.80 bits per heavy atom. The number of rotatable bonds is 5. The number of anilines is 1. The smallest absolute Gasteiger partial charge is 0.248 e. The number of amides is 1. The first-order valence-electron chi connectivity index (χ1n) is 6.04. The second kappa shape index (κ2) is 5.97. The van der Waals surface area contributed by atoms with Gasteiger partial charge in [-0.05, 0) is 29.8 Å². The third-order valence-corrected chi connectivity index (χ3v) is 2.78. The van der Waals surface area contributed by atoms with Gasteiger partial charge in [0.25, 0.3) is 0 Å². The molecule has 4 N–H and O–H groups in total. The zero-order chi connectivity index (χ0) is 14.5. The van der Waals surface area contributed by atoms with E-state index < -0.39 is 5.91 Å². The van der Waals surface area contributed by atoms with Gasteiger partial charge >= 0.3 is 0 Å². The summed E-state index contributed by atoms with van der Waals surface area (Å²) in [5.41, 5.74) is 12.7. The second-order valence-electron chi connectivity index (χ2n) is 4.29. The predicted octanol–water partition coefficient (Wildman–Crippen LogP) is 1.96. The molecule has 1 amide bonds. The van der Waals surface area contributed by atoms with Crippen LogP contribution in [0.4, 0.5) is 5.69 Å². The van der Waals surface area contributed by atoms with Crippen LogP contribution in [0.25, 0.3) is 0 Å². The Hall–Kier alpha value is -2.69. The Balaban J connectivity index is 2.08. The molecule has 0 fully saturated rings. The molecule has 0 unspecified atom stereocenters. The molecular weight excluding hydrogens is 256 g/mol. The fourth-order valence-corrected chi connectivity index (χ4v) is 1.74. The number of benzene rings is 2. The Kier molecular flexibility index (Phi) is 4.10. The molecule has 0 atom stereocenters. The van der Waals surface area contributed by atoms with E-state index in [2.05, 4.69) is 0 Å². The maximum absolute atomic E-state index is 11.1. The maximum atomic E-state index is 11.1. The zero-order valence-corrected chi connectivity index (χ0v) is 11.1. The van der Waals surface area contributed by atoms with E-state index in [1.165, 1.54) is 6.07 Å². The van der Waals surface area contributed by atoms with Gasteiger partial charge in [0.2, 0.25) is 5.91 Å². The molecule has 2 rings (SSSR count). The van der Waals surface area contributed by atoms with Crippen molar-refractivity contribution >= 4 is 11.6 Å². The summed E-state index contributed by atoms with van der Waals surface area (Å²) in [4.78, 5) is 11.1. The van der Waals surface area contributed by atoms with Gasteiger partial charge in [0.1, 0.15) is 18.1 Å². The van der Waals surface area contributed by atoms with Crippen molar-refractivity contribution in [1.82, 2.24) is 0 Å². The summed E-state index contributed by atoms with van der Waals surface area (Å²) in [6, 6.07) is 12.3. The molecule has 0 aliphatic carbocycles. The summed E-state index contributed by atoms with van der Waals surface area (Å²) in [5.74, 6) is 0.759. The molecule has 5 heteroatoms. The molecule has 0 aliphatic rings. The van der Waals surface area contributed by atoms with Crippen molar-refractivity contribution in [3.05, 3.63) is 53.6 Å². The van der Waals surface area contributed by atoms with Crippen molar-refractivity contribution in [2.75, 3.05) is 12.8 Å². The van der Waals surface area contributed by atoms with Gasteiger partial charge in [-0.3, -0.25) is 4.79 Å². The van der Waals surface area contributed by atoms with Gasteiger partial charge in [0.15, 0.2) is 0 Å². The van der Waals surface area contributed by atoms with Crippen molar-refractivity contribution in [2.24, 2.45) is 5.73 Å². The largest absolute Gasteiger partial charge is 0.497 e. The van der Waals surface area contributed by atoms with Gasteiger partial charge in [-0.25, -0.2) is 0 Å². The Bertz CT molecular complexity index is 609. The van der Waals surface area contributed by atoms with Gasteiger partial charge in [0.05, 0.1) is 7.11 Å². The fraction of sp³-hybridized carbons (Fsp3) is 0.133. The number of carbonyl (C=O) groups is 1. The van der Waals surface area contributed by atoms with Crippen molar-refractivity contribution in [3.63, 3.8) is 0 Å². The summed E-state index contributed by atoms with van der Waals surface area (Å²) in [6.07, 6.45) is 0. The van der Waals surface area contributed by atoms with E-state index in [9.17, 15) is 4.79 Å². The van der Waals surface area contributed by atoms with Gasteiger partial charge in [0, 0.05) is 17.3 Å². The zero-order valence-electron chi connectivity index (χ0n) is 11.1. The predicted molar refractivity (Wildman–Crippen MR) is 76.7 cm³/mol. The van der Waals surface area contributed by atoms with Gasteiger partial charge in [-0.15, -0.1) is 0 Å². The third kappa shape index (κ3) is 3.41. The van der Waals surface area contributed by atoms with Crippen LogP contribution < -0.4 is 20.9 Å². The molecule has 0 heterocycles. The van der Waals surface area contributed by atoms with Crippen LogP contribution in [0.2, 0.25) is 0 Å². The lowest BCUT2D eigenvalue weighted by Gasteiger charge is -2.09. The van der Waals surface area contributed by atoms with E-state index in [4.69, 9.17) is 20.9 Å². The molecule has 0 radical (unpaired) electrons. The second-order valence-corrected chi connectivity index (χ2v) is 4.29. The van der Waals surface area contributed by atoms with Crippen LogP contribution in [0, 0.1) is 0 Å².